The average molecular weight is 1540 g/mol. The van der Waals surface area contributed by atoms with Crippen LogP contribution in [0.2, 0.25) is 5.02 Å². The van der Waals surface area contributed by atoms with Gasteiger partial charge in [-0.15, -0.1) is 0 Å². The summed E-state index contributed by atoms with van der Waals surface area (Å²) in [5, 5.41) is 6.75. The summed E-state index contributed by atoms with van der Waals surface area (Å²) in [5.41, 5.74) is 2.48. The predicted octanol–water partition coefficient (Wildman–Crippen LogP) is 14.3. The fraction of sp³-hybridized carbons (Fsp3) is 0.558. The molecule has 6 heterocycles. The standard InChI is InChI=1S/C43H53ClFN3O7.C43H53F2N3O7/c1-27-12-10-16-34(44)32(27)18-19-46-40(52)43-22-30(43)15-9-7-5-6-8-13-28(20-38(50)55-42(2,3)4)39(51)48-25-31(21-36(48)37(49)23-43)54-41(53)47-24-29-14-11-17-35(45)33(29)26-47;1-27-19-32(44)16-15-28(27)17-18-46-40(52)43-22-31(43)13-9-7-5-6-8-11-29(20-38(50)55-42(2,3)4)39(51)48-25-33(21-36(48)37(49)23-43)54-41(53)47-24-30-12-10-14-35(45)34(30)26-47/h9-12,14-17,28,30-31,36H,5-8,13,18-26H2,1-4H3,(H,46,52);9-10,12-16,19,29,31,33,36H,5-8,11,17-18,20-26H2,1-4H3,(H,46,52)/b15-9-;13-9-/t28?,30?,31?,36-,43?;29?,31?,33?,36-,43?/m00/s1. The highest BCUT2D eigenvalue weighted by atomic mass is 35.5. The zero-order chi connectivity index (χ0) is 79.0. The van der Waals surface area contributed by atoms with Crippen LogP contribution in [-0.2, 0) is 96.3 Å². The smallest absolute Gasteiger partial charge is 0.410 e. The van der Waals surface area contributed by atoms with Crippen molar-refractivity contribution in [2.75, 3.05) is 26.2 Å². The van der Waals surface area contributed by atoms with Gasteiger partial charge in [0.25, 0.3) is 0 Å². The van der Waals surface area contributed by atoms with E-state index in [1.54, 1.807) is 71.9 Å². The number of hydrogen-bond acceptors (Lipinski definition) is 14. The van der Waals surface area contributed by atoms with Gasteiger partial charge < -0.3 is 39.4 Å². The molecule has 0 spiro atoms. The van der Waals surface area contributed by atoms with Crippen molar-refractivity contribution in [2.24, 2.45) is 34.5 Å². The number of ketones is 2. The maximum Gasteiger partial charge on any atom is 0.410 e. The van der Waals surface area contributed by atoms with Crippen molar-refractivity contribution in [3.63, 3.8) is 0 Å². The van der Waals surface area contributed by atoms with Gasteiger partial charge in [-0.25, -0.2) is 22.8 Å². The fourth-order valence-corrected chi connectivity index (χ4v) is 17.1. The SMILES string of the molecule is Cc1cc(F)ccc1CCNC(=O)C12CC(=O)[C@@H]3CC(OC(=O)N4Cc5cccc(F)c5C4)CN3C(=O)C(CC(=O)OC(C)(C)C)CCCCC/C=C\C1C2.Cc1cccc(Cl)c1CCNC(=O)C12CC(=O)[C@@H]3CC(OC(=O)N4Cc5cccc(F)c5C4)CN3C(=O)C(CC(=O)OC(C)(C)C)CCCCC/C=C\C1C2. The zero-order valence-electron chi connectivity index (χ0n) is 64.7. The van der Waals surface area contributed by atoms with Crippen molar-refractivity contribution < 1.29 is 80.1 Å². The summed E-state index contributed by atoms with van der Waals surface area (Å²) in [5.74, 6) is -5.73. The molecule has 12 rings (SSSR count). The molecule has 2 saturated heterocycles. The minimum atomic E-state index is -1.00. The molecule has 4 aromatic rings. The summed E-state index contributed by atoms with van der Waals surface area (Å²) >= 11 is 6.45. The number of aryl methyl sites for hydroxylation is 2. The van der Waals surface area contributed by atoms with Gasteiger partial charge in [-0.05, 0) is 195 Å². The molecule has 10 atom stereocenters. The summed E-state index contributed by atoms with van der Waals surface area (Å²) < 4.78 is 65.7. The third-order valence-electron chi connectivity index (χ3n) is 22.8. The third kappa shape index (κ3) is 20.4. The highest BCUT2D eigenvalue weighted by Gasteiger charge is 2.62. The molecular weight excluding hydrogens is 1430 g/mol. The van der Waals surface area contributed by atoms with Crippen molar-refractivity contribution in [1.29, 1.82) is 0 Å². The molecule has 0 aromatic heterocycles. The summed E-state index contributed by atoms with van der Waals surface area (Å²) in [6.07, 6.45) is 14.0. The van der Waals surface area contributed by atoms with Crippen LogP contribution >= 0.6 is 11.6 Å². The van der Waals surface area contributed by atoms with Gasteiger partial charge in [0.2, 0.25) is 23.6 Å². The first-order valence-electron chi connectivity index (χ1n) is 39.2. The first kappa shape index (κ1) is 82.1. The van der Waals surface area contributed by atoms with Crippen LogP contribution in [0.3, 0.4) is 0 Å². The largest absolute Gasteiger partial charge is 0.460 e. The van der Waals surface area contributed by atoms with Crippen molar-refractivity contribution >= 4 is 70.9 Å². The van der Waals surface area contributed by atoms with Crippen LogP contribution in [0, 0.1) is 65.8 Å². The summed E-state index contributed by atoms with van der Waals surface area (Å²) in [6.45, 7) is 15.4. The number of hydrogen-bond donors (Lipinski definition) is 2. The van der Waals surface area contributed by atoms with Crippen LogP contribution in [0.25, 0.3) is 0 Å². The van der Waals surface area contributed by atoms with Crippen LogP contribution in [0.4, 0.5) is 22.8 Å². The van der Waals surface area contributed by atoms with E-state index >= 15 is 0 Å². The van der Waals surface area contributed by atoms with Gasteiger partial charge >= 0.3 is 24.1 Å². The number of nitrogens with one attached hydrogen (secondary N) is 2. The number of nitrogens with zero attached hydrogens (tertiary/aromatic N) is 4. The van der Waals surface area contributed by atoms with Crippen molar-refractivity contribution in [3.05, 3.63) is 164 Å². The molecule has 4 aromatic carbocycles. The highest BCUT2D eigenvalue weighted by Crippen LogP contribution is 2.58. The second kappa shape index (κ2) is 35.2. The number of ether oxygens (including phenoxy) is 4. The normalized spacial score (nSPS) is 26.2. The van der Waals surface area contributed by atoms with Crippen LogP contribution in [0.15, 0.2) is 97.1 Å². The molecule has 24 heteroatoms. The number of carbonyl (C=O) groups excluding carboxylic acids is 10. The van der Waals surface area contributed by atoms with Gasteiger partial charge in [0.15, 0.2) is 11.6 Å². The third-order valence-corrected chi connectivity index (χ3v) is 23.2. The Hall–Kier alpha value is -8.86. The lowest BCUT2D eigenvalue weighted by molar-refractivity contribution is -0.159. The summed E-state index contributed by atoms with van der Waals surface area (Å²) in [7, 11) is 0. The number of allylic oxidation sites excluding steroid dienone is 4. The van der Waals surface area contributed by atoms with Gasteiger partial charge in [-0.3, -0.25) is 48.2 Å². The van der Waals surface area contributed by atoms with E-state index in [1.165, 1.54) is 43.9 Å². The van der Waals surface area contributed by atoms with Crippen LogP contribution < -0.4 is 10.6 Å². The first-order chi connectivity index (χ1) is 52.3. The van der Waals surface area contributed by atoms with Gasteiger partial charge in [0, 0.05) is 79.8 Å². The minimum absolute atomic E-state index is 0.0344. The van der Waals surface area contributed by atoms with E-state index in [0.29, 0.717) is 91.7 Å². The topological polar surface area (TPSA) is 245 Å². The molecule has 8 aliphatic rings. The van der Waals surface area contributed by atoms with Crippen LogP contribution in [0.5, 0.6) is 0 Å². The Bertz CT molecular complexity index is 4190. The molecule has 6 amide bonds. The number of esters is 2. The summed E-state index contributed by atoms with van der Waals surface area (Å²) in [4.78, 5) is 145. The van der Waals surface area contributed by atoms with Crippen LogP contribution in [-0.4, -0.2) is 141 Å². The number of rotatable bonds is 14. The Morgan fingerprint density at radius 1 is 0.555 bits per heavy atom. The Morgan fingerprint density at radius 2 is 1.01 bits per heavy atom. The molecule has 110 heavy (non-hydrogen) atoms. The molecule has 0 bridgehead atoms. The van der Waals surface area contributed by atoms with Gasteiger partial charge in [-0.1, -0.05) is 104 Å². The maximum atomic E-state index is 14.5. The van der Waals surface area contributed by atoms with E-state index < -0.39 is 93.9 Å². The Kier molecular flexibility index (Phi) is 26.3. The van der Waals surface area contributed by atoms with E-state index in [0.717, 1.165) is 60.8 Å². The Balaban J connectivity index is 0.000000218. The van der Waals surface area contributed by atoms with Crippen molar-refractivity contribution in [2.45, 2.75) is 245 Å². The lowest BCUT2D eigenvalue weighted by atomic mass is 9.90. The van der Waals surface area contributed by atoms with E-state index in [1.807, 2.05) is 38.1 Å². The number of Topliss-reactive ketones (excluding diaryl/α,β-unsaturated/α-hetero) is 2. The number of fused-ring (bicyclic) bond motifs is 6. The minimum Gasteiger partial charge on any atom is -0.460 e. The predicted molar refractivity (Wildman–Crippen MR) is 406 cm³/mol. The molecule has 0 radical (unpaired) electrons. The zero-order valence-corrected chi connectivity index (χ0v) is 65.4. The first-order valence-corrected chi connectivity index (χ1v) is 39.6. The molecule has 6 aliphatic heterocycles. The molecule has 2 N–H and O–H groups in total. The maximum absolute atomic E-state index is 14.5. The number of carbonyl (C=O) groups is 10. The lowest BCUT2D eigenvalue weighted by Gasteiger charge is -2.29. The van der Waals surface area contributed by atoms with E-state index in [4.69, 9.17) is 30.5 Å². The van der Waals surface area contributed by atoms with Crippen molar-refractivity contribution in [1.82, 2.24) is 30.2 Å². The van der Waals surface area contributed by atoms with Crippen LogP contribution in [0.1, 0.15) is 202 Å². The fourth-order valence-electron chi connectivity index (χ4n) is 16.8. The van der Waals surface area contributed by atoms with Gasteiger partial charge in [0.05, 0.1) is 61.9 Å². The monoisotopic (exact) mass is 1540 g/mol. The van der Waals surface area contributed by atoms with E-state index in [2.05, 4.69) is 28.9 Å². The molecular formula is C86H106ClF3N6O14. The highest BCUT2D eigenvalue weighted by molar-refractivity contribution is 6.31. The Labute approximate surface area is 648 Å². The average Bonchev–Trinajstić information content (AvgIpc) is 1.58. The van der Waals surface area contributed by atoms with Gasteiger partial charge in [0.1, 0.15) is 40.9 Å². The molecule has 2 saturated carbocycles. The number of halogens is 4. The lowest BCUT2D eigenvalue weighted by Crippen LogP contribution is -2.46. The summed E-state index contributed by atoms with van der Waals surface area (Å²) in [6, 6.07) is 17.7. The molecule has 2 aliphatic carbocycles. The van der Waals surface area contributed by atoms with E-state index in [9.17, 15) is 61.1 Å². The van der Waals surface area contributed by atoms with Gasteiger partial charge in [-0.2, -0.15) is 0 Å². The Morgan fingerprint density at radius 3 is 1.45 bits per heavy atom. The second-order valence-electron chi connectivity index (χ2n) is 33.4. The quantitative estimate of drug-likeness (QED) is 0.0678. The number of benzene rings is 4. The molecule has 4 fully saturated rings. The van der Waals surface area contributed by atoms with Crippen molar-refractivity contribution in [3.8, 4) is 0 Å². The second-order valence-corrected chi connectivity index (χ2v) is 33.8. The number of amides is 6. The molecule has 8 unspecified atom stereocenters. The van der Waals surface area contributed by atoms with E-state index in [-0.39, 0.29) is 131 Å². The molecule has 592 valence electrons. The molecule has 20 nitrogen and oxygen atoms in total.